The molecule has 1 aliphatic rings. The number of nitrogens with zero attached hydrogens (tertiary/aromatic N) is 2. The molecule has 6 heteroatoms. The maximum Gasteiger partial charge on any atom is 0.559 e. The highest BCUT2D eigenvalue weighted by Crippen LogP contribution is 2.09. The van der Waals surface area contributed by atoms with Gasteiger partial charge in [-0.1, -0.05) is 0 Å². The average molecular weight is 132 g/mol. The topological polar surface area (TPSA) is 82.0 Å². The lowest BCUT2D eigenvalue weighted by atomic mass is 10.7. The molecule has 0 aromatic heterocycles. The van der Waals surface area contributed by atoms with Crippen LogP contribution in [0.15, 0.2) is 5.16 Å². The fraction of sp³-hybridized carbons (Fsp3) is 0.333. The van der Waals surface area contributed by atoms with Crippen LogP contribution in [0.3, 0.4) is 0 Å². The first-order valence-electron chi connectivity index (χ1n) is 2.18. The highest BCUT2D eigenvalue weighted by atomic mass is 17.0. The van der Waals surface area contributed by atoms with Gasteiger partial charge in [0.05, 0.1) is 0 Å². The molecule has 1 aliphatic heterocycles. The molecule has 1 atom stereocenters. The maximum absolute atomic E-state index is 10.6. The molecule has 1 rings (SSSR count). The van der Waals surface area contributed by atoms with E-state index in [4.69, 9.17) is 5.11 Å². The lowest BCUT2D eigenvalue weighted by Gasteiger charge is -2.22. The number of carbonyl (C=O) groups is 1. The summed E-state index contributed by atoms with van der Waals surface area (Å²) in [6.45, 7) is -0.269. The minimum Gasteiger partial charge on any atom is -0.577 e. The lowest BCUT2D eigenvalue weighted by Crippen LogP contribution is -2.43. The minimum atomic E-state index is -1.75. The van der Waals surface area contributed by atoms with Gasteiger partial charge in [-0.05, 0) is 9.97 Å². The second-order valence-electron chi connectivity index (χ2n) is 1.51. The molecule has 1 N–H and O–H groups in total. The molecule has 1 unspecified atom stereocenters. The first-order valence-corrected chi connectivity index (χ1v) is 2.18. The summed E-state index contributed by atoms with van der Waals surface area (Å²) >= 11 is 0. The van der Waals surface area contributed by atoms with Crippen LogP contribution in [0.2, 0.25) is 0 Å². The molecule has 9 heavy (non-hydrogen) atoms. The van der Waals surface area contributed by atoms with Crippen molar-refractivity contribution < 1.29 is 19.6 Å². The molecule has 0 bridgehead atoms. The number of hydrogen-bond donors (Lipinski definition) is 1. The van der Waals surface area contributed by atoms with E-state index in [0.29, 0.717) is 0 Å². The Morgan fingerprint density at radius 3 is 2.89 bits per heavy atom. The molecule has 0 spiro atoms. The van der Waals surface area contributed by atoms with Crippen molar-refractivity contribution in [3.8, 4) is 0 Å². The molecule has 0 aromatic carbocycles. The second kappa shape index (κ2) is 1.67. The predicted octanol–water partition coefficient (Wildman–Crippen LogP) is -0.0900. The van der Waals surface area contributed by atoms with Crippen molar-refractivity contribution in [2.24, 2.45) is 5.16 Å². The van der Waals surface area contributed by atoms with E-state index >= 15 is 0 Å². The van der Waals surface area contributed by atoms with Gasteiger partial charge in [-0.3, -0.25) is 0 Å². The maximum atomic E-state index is 10.6. The smallest absolute Gasteiger partial charge is 0.559 e. The van der Waals surface area contributed by atoms with Crippen LogP contribution in [0.4, 0.5) is 4.79 Å². The van der Waals surface area contributed by atoms with Crippen molar-refractivity contribution in [1.82, 2.24) is 0 Å². The molecule has 0 radical (unpaired) electrons. The number of amides is 1. The predicted molar refractivity (Wildman–Crippen MR) is 26.1 cm³/mol. The Kier molecular flexibility index (Phi) is 1.11. The van der Waals surface area contributed by atoms with Crippen molar-refractivity contribution in [3.05, 3.63) is 5.21 Å². The fourth-order valence-corrected chi connectivity index (χ4v) is 0.397. The van der Waals surface area contributed by atoms with Gasteiger partial charge in [0.2, 0.25) is 0 Å². The van der Waals surface area contributed by atoms with E-state index in [9.17, 15) is 10.0 Å². The Labute approximate surface area is 50.1 Å². The SMILES string of the molecule is O=C(O)[N+]1([O-])CC=NO1. The normalized spacial score (nSPS) is 32.1. The summed E-state index contributed by atoms with van der Waals surface area (Å²) in [7, 11) is 0. The monoisotopic (exact) mass is 132 g/mol. The van der Waals surface area contributed by atoms with E-state index in [1.807, 2.05) is 0 Å². The number of oxime groups is 1. The highest BCUT2D eigenvalue weighted by molar-refractivity contribution is 5.64. The molecule has 0 aliphatic carbocycles. The van der Waals surface area contributed by atoms with Crippen molar-refractivity contribution in [3.63, 3.8) is 0 Å². The van der Waals surface area contributed by atoms with Gasteiger partial charge >= 0.3 is 6.09 Å². The van der Waals surface area contributed by atoms with Crippen LogP contribution in [-0.4, -0.2) is 28.8 Å². The van der Waals surface area contributed by atoms with Crippen LogP contribution in [0.1, 0.15) is 0 Å². The van der Waals surface area contributed by atoms with Crippen LogP contribution in [-0.2, 0) is 4.94 Å². The summed E-state index contributed by atoms with van der Waals surface area (Å²) in [6, 6.07) is 0. The van der Waals surface area contributed by atoms with Gasteiger partial charge in [0.15, 0.2) is 6.54 Å². The van der Waals surface area contributed by atoms with Gasteiger partial charge in [-0.2, -0.15) is 9.73 Å². The molecule has 50 valence electrons. The first kappa shape index (κ1) is 5.99. The Morgan fingerprint density at radius 1 is 2.00 bits per heavy atom. The summed E-state index contributed by atoms with van der Waals surface area (Å²) in [5.41, 5.74) is 0. The fourth-order valence-electron chi connectivity index (χ4n) is 0.397. The van der Waals surface area contributed by atoms with E-state index in [1.54, 1.807) is 0 Å². The van der Waals surface area contributed by atoms with E-state index in [2.05, 4.69) is 10.1 Å². The second-order valence-corrected chi connectivity index (χ2v) is 1.51. The van der Waals surface area contributed by atoms with Crippen LogP contribution >= 0.6 is 0 Å². The largest absolute Gasteiger partial charge is 0.577 e. The van der Waals surface area contributed by atoms with Gasteiger partial charge in [-0.25, -0.2) is 0 Å². The zero-order valence-electron chi connectivity index (χ0n) is 4.35. The summed E-state index contributed by atoms with van der Waals surface area (Å²) < 4.78 is 0. The summed E-state index contributed by atoms with van der Waals surface area (Å²) in [6.07, 6.45) is -0.478. The third-order valence-corrected chi connectivity index (χ3v) is 0.867. The first-order chi connectivity index (χ1) is 4.15. The van der Waals surface area contributed by atoms with E-state index in [1.165, 1.54) is 0 Å². The van der Waals surface area contributed by atoms with Crippen LogP contribution in [0.25, 0.3) is 0 Å². The molecular formula is C3H4N2O4. The molecular weight excluding hydrogens is 128 g/mol. The van der Waals surface area contributed by atoms with Crippen LogP contribution in [0.5, 0.6) is 0 Å². The molecule has 0 aromatic rings. The number of rotatable bonds is 0. The molecule has 0 fully saturated rings. The molecule has 0 saturated heterocycles. The zero-order chi connectivity index (χ0) is 6.91. The van der Waals surface area contributed by atoms with Gasteiger partial charge < -0.3 is 10.3 Å². The van der Waals surface area contributed by atoms with Crippen LogP contribution in [0, 0.1) is 5.21 Å². The van der Waals surface area contributed by atoms with Crippen molar-refractivity contribution in [2.45, 2.75) is 0 Å². The Balaban J connectivity index is 2.66. The number of hydroxylamine groups is 4. The Bertz CT molecular complexity index is 157. The van der Waals surface area contributed by atoms with Crippen molar-refractivity contribution in [1.29, 1.82) is 0 Å². The quantitative estimate of drug-likeness (QED) is 0.369. The molecule has 0 saturated carbocycles. The summed E-state index contributed by atoms with van der Waals surface area (Å²) in [5.74, 6) is 0. The van der Waals surface area contributed by atoms with Gasteiger partial charge in [-0.15, -0.1) is 0 Å². The van der Waals surface area contributed by atoms with Gasteiger partial charge in [0.25, 0.3) is 0 Å². The van der Waals surface area contributed by atoms with Crippen LogP contribution < -0.4 is 0 Å². The minimum absolute atomic E-state index is 0.269. The summed E-state index contributed by atoms with van der Waals surface area (Å²) in [4.78, 5) is 12.2. The Hall–Kier alpha value is -1.14. The summed E-state index contributed by atoms with van der Waals surface area (Å²) in [5, 5.41) is 21.7. The number of quaternary nitrogens is 1. The third-order valence-electron chi connectivity index (χ3n) is 0.867. The number of carboxylic acid groups (broad SMARTS) is 1. The van der Waals surface area contributed by atoms with Gasteiger partial charge in [0.1, 0.15) is 6.21 Å². The average Bonchev–Trinajstić information content (AvgIpc) is 2.16. The van der Waals surface area contributed by atoms with E-state index in [0.717, 1.165) is 6.21 Å². The Morgan fingerprint density at radius 2 is 2.67 bits per heavy atom. The third kappa shape index (κ3) is 0.843. The van der Waals surface area contributed by atoms with Crippen molar-refractivity contribution in [2.75, 3.05) is 6.54 Å². The van der Waals surface area contributed by atoms with Crippen molar-refractivity contribution >= 4 is 12.3 Å². The zero-order valence-corrected chi connectivity index (χ0v) is 4.35. The highest BCUT2D eigenvalue weighted by Gasteiger charge is 2.33. The molecule has 6 nitrogen and oxygen atoms in total. The van der Waals surface area contributed by atoms with E-state index in [-0.39, 0.29) is 6.54 Å². The van der Waals surface area contributed by atoms with Gasteiger partial charge in [0, 0.05) is 0 Å². The number of hydrogen-bond acceptors (Lipinski definition) is 4. The molecule has 1 heterocycles. The van der Waals surface area contributed by atoms with E-state index < -0.39 is 10.9 Å². The molecule has 1 amide bonds. The standard InChI is InChI=1S/C3H4N2O4/c6-3(7)5(8)2-1-4-9-5/h1H,2H2,(H,6,7). The lowest BCUT2D eigenvalue weighted by molar-refractivity contribution is -0.995.